The van der Waals surface area contributed by atoms with Crippen LogP contribution in [0.15, 0.2) is 65.6 Å². The first-order chi connectivity index (χ1) is 17.0. The topological polar surface area (TPSA) is 90.3 Å². The van der Waals surface area contributed by atoms with Gasteiger partial charge in [-0.1, -0.05) is 41.9 Å². The molecular weight excluding hydrogens is 515 g/mol. The van der Waals surface area contributed by atoms with Gasteiger partial charge in [-0.15, -0.1) is 0 Å². The minimum absolute atomic E-state index is 0.0242. The first-order valence-corrected chi connectivity index (χ1v) is 12.6. The first kappa shape index (κ1) is 25.7. The third-order valence-corrected chi connectivity index (χ3v) is 8.07. The molecule has 3 aromatic rings. The molecule has 4 rings (SSSR count). The molecule has 1 aliphatic rings. The number of hydrogen-bond acceptors (Lipinski definition) is 4. The summed E-state index contributed by atoms with van der Waals surface area (Å²) < 4.78 is 66.0. The third kappa shape index (κ3) is 5.23. The van der Waals surface area contributed by atoms with E-state index in [0.29, 0.717) is 22.4 Å². The highest BCUT2D eigenvalue weighted by Gasteiger charge is 2.32. The van der Waals surface area contributed by atoms with Crippen molar-refractivity contribution in [3.05, 3.63) is 93.5 Å². The molecule has 0 saturated carbocycles. The fraction of sp³-hybridized carbons (Fsp3) is 0.200. The number of anilines is 1. The van der Waals surface area contributed by atoms with Gasteiger partial charge in [-0.2, -0.15) is 22.7 Å². The first-order valence-electron chi connectivity index (χ1n) is 10.8. The maximum Gasteiger partial charge on any atom is 0.416 e. The number of fused-ring (bicyclic) bond motifs is 1. The van der Waals surface area contributed by atoms with Gasteiger partial charge in [0.25, 0.3) is 0 Å². The molecule has 0 radical (unpaired) electrons. The van der Waals surface area contributed by atoms with Gasteiger partial charge in [-0.25, -0.2) is 8.42 Å². The summed E-state index contributed by atoms with van der Waals surface area (Å²) in [6.07, 6.45) is -4.36. The fourth-order valence-corrected chi connectivity index (χ4v) is 5.83. The Balaban J connectivity index is 1.53. The van der Waals surface area contributed by atoms with Crippen LogP contribution in [-0.2, 0) is 40.4 Å². The lowest BCUT2D eigenvalue weighted by Gasteiger charge is -2.30. The Morgan fingerprint density at radius 1 is 1.08 bits per heavy atom. The summed E-state index contributed by atoms with van der Waals surface area (Å²) in [5.41, 5.74) is 1.33. The summed E-state index contributed by atoms with van der Waals surface area (Å²) in [5.74, 6) is -0.469. The van der Waals surface area contributed by atoms with E-state index in [1.54, 1.807) is 24.3 Å². The molecule has 1 amide bonds. The molecule has 36 heavy (non-hydrogen) atoms. The van der Waals surface area contributed by atoms with Gasteiger partial charge < -0.3 is 5.32 Å². The van der Waals surface area contributed by atoms with Crippen LogP contribution in [0.4, 0.5) is 18.9 Å². The molecule has 3 aromatic carbocycles. The number of rotatable bonds is 5. The molecular formula is C25H19ClF3N3O3S. The number of hydrogen-bond donors (Lipinski definition) is 1. The normalized spacial score (nSPS) is 14.1. The van der Waals surface area contributed by atoms with Crippen LogP contribution in [0.25, 0.3) is 0 Å². The van der Waals surface area contributed by atoms with Crippen LogP contribution >= 0.6 is 11.6 Å². The molecule has 0 atom stereocenters. The van der Waals surface area contributed by atoms with E-state index in [0.717, 1.165) is 12.1 Å². The van der Waals surface area contributed by atoms with Crippen molar-refractivity contribution >= 4 is 33.2 Å². The van der Waals surface area contributed by atoms with Crippen LogP contribution < -0.4 is 5.32 Å². The monoisotopic (exact) mass is 533 g/mol. The SMILES string of the molecule is N#Cc1ccccc1S(=O)(=O)N1CCc2c(ccc(Cl)c2NC(=O)Cc2ccc(C(F)(F)F)cc2)C1. The van der Waals surface area contributed by atoms with Crippen molar-refractivity contribution in [2.45, 2.75) is 30.5 Å². The lowest BCUT2D eigenvalue weighted by atomic mass is 9.98. The van der Waals surface area contributed by atoms with Gasteiger partial charge in [0.2, 0.25) is 15.9 Å². The predicted molar refractivity (Wildman–Crippen MR) is 128 cm³/mol. The standard InChI is InChI=1S/C25H19ClF3N3O3S/c26-21-10-7-18-15-32(36(34,35)22-4-2-1-3-17(22)14-30)12-11-20(18)24(21)31-23(33)13-16-5-8-19(9-6-16)25(27,28)29/h1-10H,11-13,15H2,(H,31,33). The number of amides is 1. The zero-order chi connectivity index (χ0) is 26.1. The van der Waals surface area contributed by atoms with Crippen molar-refractivity contribution in [3.63, 3.8) is 0 Å². The molecule has 186 valence electrons. The van der Waals surface area contributed by atoms with E-state index in [1.165, 1.54) is 28.6 Å². The van der Waals surface area contributed by atoms with Gasteiger partial charge in [-0.05, 0) is 53.4 Å². The second-order valence-electron chi connectivity index (χ2n) is 8.18. The molecule has 0 unspecified atom stereocenters. The summed E-state index contributed by atoms with van der Waals surface area (Å²) in [6.45, 7) is 0.133. The summed E-state index contributed by atoms with van der Waals surface area (Å²) >= 11 is 6.33. The van der Waals surface area contributed by atoms with Gasteiger partial charge in [0.15, 0.2) is 0 Å². The van der Waals surface area contributed by atoms with Gasteiger partial charge >= 0.3 is 6.18 Å². The van der Waals surface area contributed by atoms with Gasteiger partial charge in [0, 0.05) is 13.1 Å². The number of carbonyl (C=O) groups excluding carboxylic acids is 1. The van der Waals surface area contributed by atoms with Crippen molar-refractivity contribution in [2.24, 2.45) is 0 Å². The zero-order valence-corrected chi connectivity index (χ0v) is 20.2. The molecule has 0 fully saturated rings. The Morgan fingerprint density at radius 3 is 2.44 bits per heavy atom. The van der Waals surface area contributed by atoms with Crippen molar-refractivity contribution in [2.75, 3.05) is 11.9 Å². The second kappa shape index (κ2) is 9.93. The highest BCUT2D eigenvalue weighted by atomic mass is 35.5. The fourth-order valence-electron chi connectivity index (χ4n) is 4.05. The van der Waals surface area contributed by atoms with E-state index >= 15 is 0 Å². The molecule has 0 aliphatic carbocycles. The van der Waals surface area contributed by atoms with Gasteiger partial charge in [0.05, 0.1) is 33.2 Å². The molecule has 6 nitrogen and oxygen atoms in total. The summed E-state index contributed by atoms with van der Waals surface area (Å²) in [6, 6.07) is 15.4. The number of halogens is 4. The predicted octanol–water partition coefficient (Wildman–Crippen LogP) is 5.16. The van der Waals surface area contributed by atoms with Crippen molar-refractivity contribution in [1.82, 2.24) is 4.31 Å². The second-order valence-corrected chi connectivity index (χ2v) is 10.5. The van der Waals surface area contributed by atoms with E-state index in [-0.39, 0.29) is 41.4 Å². The Hall–Kier alpha value is -3.39. The Bertz CT molecular complexity index is 1470. The molecule has 1 aliphatic heterocycles. The highest BCUT2D eigenvalue weighted by molar-refractivity contribution is 7.89. The minimum Gasteiger partial charge on any atom is -0.324 e. The van der Waals surface area contributed by atoms with E-state index in [4.69, 9.17) is 11.6 Å². The largest absolute Gasteiger partial charge is 0.416 e. The number of nitriles is 1. The minimum atomic E-state index is -4.46. The smallest absolute Gasteiger partial charge is 0.324 e. The van der Waals surface area contributed by atoms with E-state index in [2.05, 4.69) is 5.32 Å². The van der Waals surface area contributed by atoms with Crippen LogP contribution in [0.2, 0.25) is 5.02 Å². The number of nitrogens with one attached hydrogen (secondary N) is 1. The van der Waals surface area contributed by atoms with E-state index in [9.17, 15) is 31.6 Å². The average molecular weight is 534 g/mol. The van der Waals surface area contributed by atoms with E-state index < -0.39 is 27.7 Å². The molecule has 0 aromatic heterocycles. The summed E-state index contributed by atoms with van der Waals surface area (Å²) in [5, 5.41) is 12.3. The van der Waals surface area contributed by atoms with Crippen molar-refractivity contribution < 1.29 is 26.4 Å². The Labute approximate surface area is 211 Å². The number of carbonyl (C=O) groups is 1. The third-order valence-electron chi connectivity index (χ3n) is 5.85. The molecule has 1 N–H and O–H groups in total. The van der Waals surface area contributed by atoms with E-state index in [1.807, 2.05) is 6.07 Å². The van der Waals surface area contributed by atoms with Gasteiger partial charge in [0.1, 0.15) is 6.07 Å². The molecule has 1 heterocycles. The van der Waals surface area contributed by atoms with Crippen LogP contribution in [0.5, 0.6) is 0 Å². The summed E-state index contributed by atoms with van der Waals surface area (Å²) in [7, 11) is -3.94. The quantitative estimate of drug-likeness (QED) is 0.490. The number of nitrogens with zero attached hydrogens (tertiary/aromatic N) is 2. The Kier molecular flexibility index (Phi) is 7.09. The number of benzene rings is 3. The van der Waals surface area contributed by atoms with Crippen LogP contribution in [-0.4, -0.2) is 25.2 Å². The maximum atomic E-state index is 13.2. The highest BCUT2D eigenvalue weighted by Crippen LogP contribution is 2.35. The maximum absolute atomic E-state index is 13.2. The zero-order valence-electron chi connectivity index (χ0n) is 18.6. The van der Waals surface area contributed by atoms with Crippen LogP contribution in [0.3, 0.4) is 0 Å². The lowest BCUT2D eigenvalue weighted by Crippen LogP contribution is -2.36. The lowest BCUT2D eigenvalue weighted by molar-refractivity contribution is -0.137. The van der Waals surface area contributed by atoms with Crippen LogP contribution in [0, 0.1) is 11.3 Å². The Morgan fingerprint density at radius 2 is 1.78 bits per heavy atom. The molecule has 0 bridgehead atoms. The summed E-state index contributed by atoms with van der Waals surface area (Å²) in [4.78, 5) is 12.6. The molecule has 0 spiro atoms. The van der Waals surface area contributed by atoms with Crippen molar-refractivity contribution in [3.8, 4) is 6.07 Å². The molecule has 0 saturated heterocycles. The average Bonchev–Trinajstić information content (AvgIpc) is 2.85. The number of alkyl halides is 3. The van der Waals surface area contributed by atoms with Gasteiger partial charge in [-0.3, -0.25) is 4.79 Å². The number of sulfonamides is 1. The molecule has 11 heteroatoms. The van der Waals surface area contributed by atoms with Crippen LogP contribution in [0.1, 0.15) is 27.8 Å². The van der Waals surface area contributed by atoms with Crippen molar-refractivity contribution in [1.29, 1.82) is 5.26 Å².